The molecule has 9 heteroatoms. The van der Waals surface area contributed by atoms with Crippen LogP contribution in [0, 0.1) is 45.8 Å². The van der Waals surface area contributed by atoms with Crippen LogP contribution < -0.4 is 19.9 Å². The molecular weight excluding hydrogens is 488 g/mol. The highest BCUT2D eigenvalue weighted by Crippen LogP contribution is 2.60. The van der Waals surface area contributed by atoms with Crippen molar-refractivity contribution in [2.24, 2.45) is 23.2 Å². The van der Waals surface area contributed by atoms with Crippen LogP contribution in [0.2, 0.25) is 0 Å². The second-order valence-corrected chi connectivity index (χ2v) is 11.4. The Balaban J connectivity index is 1.52. The monoisotopic (exact) mass is 518 g/mol. The Morgan fingerprint density at radius 1 is 1.00 bits per heavy atom. The minimum absolute atomic E-state index is 0.00926. The normalized spacial score (nSPS) is 25.3. The van der Waals surface area contributed by atoms with Crippen LogP contribution in [0.15, 0.2) is 17.2 Å². The lowest BCUT2D eigenvalue weighted by molar-refractivity contribution is -0.141. The molecular formula is C28H30N4O4S. The third kappa shape index (κ3) is 4.26. The number of nitrogens with two attached hydrogens (primary N) is 1. The largest absolute Gasteiger partial charge is 0.493 e. The van der Waals surface area contributed by atoms with Crippen molar-refractivity contribution in [3.8, 4) is 40.5 Å². The van der Waals surface area contributed by atoms with Gasteiger partial charge >= 0.3 is 0 Å². The molecule has 6 rings (SSSR count). The highest BCUT2D eigenvalue weighted by Gasteiger charge is 2.54. The van der Waals surface area contributed by atoms with Gasteiger partial charge in [-0.25, -0.2) is 4.98 Å². The molecule has 2 aromatic rings. The number of hydrogen-bond acceptors (Lipinski definition) is 9. The summed E-state index contributed by atoms with van der Waals surface area (Å²) < 4.78 is 16.4. The number of thioether (sulfide) groups is 1. The van der Waals surface area contributed by atoms with Crippen molar-refractivity contribution in [2.75, 3.05) is 32.8 Å². The Bertz CT molecular complexity index is 1280. The van der Waals surface area contributed by atoms with Gasteiger partial charge in [-0.3, -0.25) is 4.79 Å². The zero-order chi connectivity index (χ0) is 26.3. The molecule has 4 aliphatic rings. The Hall–Kier alpha value is -3.43. The molecule has 4 bridgehead atoms. The molecule has 0 unspecified atom stereocenters. The van der Waals surface area contributed by atoms with Crippen molar-refractivity contribution < 1.29 is 19.0 Å². The second-order valence-electron chi connectivity index (χ2n) is 10.5. The number of ether oxygens (including phenoxy) is 3. The molecule has 0 atom stereocenters. The maximum Gasteiger partial charge on any atom is 0.203 e. The van der Waals surface area contributed by atoms with E-state index in [-0.39, 0.29) is 33.9 Å². The van der Waals surface area contributed by atoms with Crippen molar-refractivity contribution in [3.63, 3.8) is 0 Å². The number of hydrogen-bond donors (Lipinski definition) is 1. The van der Waals surface area contributed by atoms with Gasteiger partial charge in [0.2, 0.25) is 5.75 Å². The minimum atomic E-state index is -0.230. The zero-order valence-corrected chi connectivity index (χ0v) is 22.1. The van der Waals surface area contributed by atoms with E-state index in [1.165, 1.54) is 52.4 Å². The third-order valence-electron chi connectivity index (χ3n) is 8.34. The van der Waals surface area contributed by atoms with E-state index in [9.17, 15) is 15.3 Å². The van der Waals surface area contributed by atoms with Crippen LogP contribution in [0.1, 0.15) is 49.7 Å². The minimum Gasteiger partial charge on any atom is -0.493 e. The standard InChI is InChI=1S/C28H30N4O4S/c1-34-21-7-18(8-22(35-2)25(21)36-3)24-19(12-29)26(31)32-27(20(24)13-30)37-14-23(33)28-9-15-4-16(10-28)6-17(5-15)11-28/h7-8,15-17H,4-6,9-11,14H2,1-3H3,(H2,31,32). The van der Waals surface area contributed by atoms with E-state index in [0.29, 0.717) is 51.2 Å². The van der Waals surface area contributed by atoms with Crippen LogP contribution >= 0.6 is 11.8 Å². The number of pyridine rings is 1. The number of Topliss-reactive ketones (excluding diaryl/α,β-unsaturated/α-hetero) is 1. The average Bonchev–Trinajstić information content (AvgIpc) is 2.89. The summed E-state index contributed by atoms with van der Waals surface area (Å²) in [7, 11) is 4.49. The van der Waals surface area contributed by atoms with Gasteiger partial charge in [0.25, 0.3) is 0 Å². The van der Waals surface area contributed by atoms with Gasteiger partial charge < -0.3 is 19.9 Å². The molecule has 4 aliphatic carbocycles. The van der Waals surface area contributed by atoms with E-state index in [1.807, 2.05) is 0 Å². The van der Waals surface area contributed by atoms with Gasteiger partial charge in [0, 0.05) is 11.0 Å². The lowest BCUT2D eigenvalue weighted by Gasteiger charge is -2.56. The Kier molecular flexibility index (Phi) is 6.68. The topological polar surface area (TPSA) is 131 Å². The van der Waals surface area contributed by atoms with E-state index < -0.39 is 0 Å². The van der Waals surface area contributed by atoms with Crippen LogP contribution in [-0.4, -0.2) is 37.8 Å². The summed E-state index contributed by atoms with van der Waals surface area (Å²) in [5.41, 5.74) is 7.11. The molecule has 8 nitrogen and oxygen atoms in total. The van der Waals surface area contributed by atoms with Gasteiger partial charge in [-0.05, 0) is 74.0 Å². The number of nitrogens with zero attached hydrogens (tertiary/aromatic N) is 3. The van der Waals surface area contributed by atoms with E-state index in [1.54, 1.807) is 12.1 Å². The van der Waals surface area contributed by atoms with E-state index in [2.05, 4.69) is 17.1 Å². The maximum absolute atomic E-state index is 13.6. The van der Waals surface area contributed by atoms with Gasteiger partial charge in [0.15, 0.2) is 11.5 Å². The lowest BCUT2D eigenvalue weighted by atomic mass is 9.48. The molecule has 0 saturated heterocycles. The molecule has 4 saturated carbocycles. The van der Waals surface area contributed by atoms with Crippen molar-refractivity contribution >= 4 is 23.4 Å². The number of nitrogen functional groups attached to an aromatic ring is 1. The Morgan fingerprint density at radius 2 is 1.54 bits per heavy atom. The number of benzene rings is 1. The summed E-state index contributed by atoms with van der Waals surface area (Å²) >= 11 is 1.24. The molecule has 1 aromatic carbocycles. The Labute approximate surface area is 221 Å². The fourth-order valence-corrected chi connectivity index (χ4v) is 8.18. The number of ketones is 1. The number of aromatic nitrogens is 1. The summed E-state index contributed by atoms with van der Waals surface area (Å²) in [5, 5.41) is 20.5. The van der Waals surface area contributed by atoms with Gasteiger partial charge in [-0.2, -0.15) is 10.5 Å². The van der Waals surface area contributed by atoms with Crippen LogP contribution in [-0.2, 0) is 4.79 Å². The maximum atomic E-state index is 13.6. The number of carbonyl (C=O) groups is 1. The lowest BCUT2D eigenvalue weighted by Crippen LogP contribution is -2.50. The first-order chi connectivity index (χ1) is 17.9. The van der Waals surface area contributed by atoms with Gasteiger partial charge in [0.05, 0.1) is 32.6 Å². The molecule has 0 amide bonds. The number of carbonyl (C=O) groups excluding carboxylic acids is 1. The highest BCUT2D eigenvalue weighted by atomic mass is 32.2. The number of rotatable bonds is 8. The molecule has 2 N–H and O–H groups in total. The molecule has 4 fully saturated rings. The van der Waals surface area contributed by atoms with Crippen molar-refractivity contribution in [1.29, 1.82) is 10.5 Å². The summed E-state index contributed by atoms with van der Waals surface area (Å²) in [6.45, 7) is 0. The number of anilines is 1. The van der Waals surface area contributed by atoms with Crippen LogP contribution in [0.5, 0.6) is 17.2 Å². The smallest absolute Gasteiger partial charge is 0.203 e. The van der Waals surface area contributed by atoms with Crippen molar-refractivity contribution in [1.82, 2.24) is 4.98 Å². The number of methoxy groups -OCH3 is 3. The first-order valence-electron chi connectivity index (χ1n) is 12.5. The molecule has 192 valence electrons. The third-order valence-corrected chi connectivity index (χ3v) is 9.31. The first-order valence-corrected chi connectivity index (χ1v) is 13.4. The van der Waals surface area contributed by atoms with E-state index in [4.69, 9.17) is 19.9 Å². The molecule has 1 aromatic heterocycles. The predicted octanol–water partition coefficient (Wildman–Crippen LogP) is 4.98. The molecule has 37 heavy (non-hydrogen) atoms. The first kappa shape index (κ1) is 25.2. The summed E-state index contributed by atoms with van der Waals surface area (Å²) in [4.78, 5) is 18.0. The molecule has 0 radical (unpaired) electrons. The van der Waals surface area contributed by atoms with Gasteiger partial charge in [-0.1, -0.05) is 11.8 Å². The molecule has 0 spiro atoms. The van der Waals surface area contributed by atoms with Gasteiger partial charge in [0.1, 0.15) is 34.3 Å². The zero-order valence-electron chi connectivity index (χ0n) is 21.3. The van der Waals surface area contributed by atoms with E-state index >= 15 is 0 Å². The van der Waals surface area contributed by atoms with Crippen molar-refractivity contribution in [3.05, 3.63) is 23.3 Å². The SMILES string of the molecule is COc1cc(-c2c(C#N)c(N)nc(SCC(=O)C34CC5CC(CC(C5)C3)C4)c2C#N)cc(OC)c1OC. The predicted molar refractivity (Wildman–Crippen MR) is 140 cm³/mol. The Morgan fingerprint density at radius 3 is 2.00 bits per heavy atom. The van der Waals surface area contributed by atoms with Gasteiger partial charge in [-0.15, -0.1) is 0 Å². The van der Waals surface area contributed by atoms with E-state index in [0.717, 1.165) is 19.3 Å². The summed E-state index contributed by atoms with van der Waals surface area (Å²) in [5.74, 6) is 3.66. The molecule has 0 aliphatic heterocycles. The van der Waals surface area contributed by atoms with Crippen LogP contribution in [0.25, 0.3) is 11.1 Å². The fourth-order valence-electron chi connectivity index (χ4n) is 7.16. The summed E-state index contributed by atoms with van der Waals surface area (Å²) in [6, 6.07) is 7.65. The van der Waals surface area contributed by atoms with Crippen LogP contribution in [0.3, 0.4) is 0 Å². The quantitative estimate of drug-likeness (QED) is 0.481. The number of nitriles is 2. The van der Waals surface area contributed by atoms with Crippen LogP contribution in [0.4, 0.5) is 5.82 Å². The molecule has 1 heterocycles. The average molecular weight is 519 g/mol. The van der Waals surface area contributed by atoms with Crippen molar-refractivity contribution in [2.45, 2.75) is 43.6 Å². The fraction of sp³-hybridized carbons (Fsp3) is 0.500. The summed E-state index contributed by atoms with van der Waals surface area (Å²) in [6.07, 6.45) is 6.77. The highest BCUT2D eigenvalue weighted by molar-refractivity contribution is 8.00. The second kappa shape index (κ2) is 9.79.